The molecule has 1 aromatic carbocycles. The van der Waals surface area contributed by atoms with E-state index in [-0.39, 0.29) is 48.9 Å². The van der Waals surface area contributed by atoms with E-state index < -0.39 is 0 Å². The molecule has 1 aromatic rings. The number of aliphatic hydroxyl groups is 1. The highest BCUT2D eigenvalue weighted by molar-refractivity contribution is 5.88. The molecule has 0 bridgehead atoms. The van der Waals surface area contributed by atoms with Crippen LogP contribution in [0.2, 0.25) is 0 Å². The summed E-state index contributed by atoms with van der Waals surface area (Å²) in [5.41, 5.74) is 2.11. The van der Waals surface area contributed by atoms with Gasteiger partial charge >= 0.3 is 0 Å². The molecule has 6 heteroatoms. The molecule has 1 N–H and O–H groups in total. The van der Waals surface area contributed by atoms with E-state index in [0.29, 0.717) is 25.7 Å². The van der Waals surface area contributed by atoms with Crippen LogP contribution in [0.1, 0.15) is 62.0 Å². The molecule has 3 saturated heterocycles. The van der Waals surface area contributed by atoms with Gasteiger partial charge in [-0.2, -0.15) is 0 Å². The largest absolute Gasteiger partial charge is 0.394 e. The van der Waals surface area contributed by atoms with Gasteiger partial charge in [0.15, 0.2) is 0 Å². The standard InChI is InChI=1S/C27H34N2O4/c30-18-24-26(21-10-8-20(9-11-21)7-6-19-4-2-1-3-5-19)23-16-28(17-25(31)29(23)24)27(32)22-12-14-33-15-13-22/h8-11,19,22-24,26,30H,1-5,12-18H2/t23-,24+,26-/m1/s1. The van der Waals surface area contributed by atoms with Gasteiger partial charge in [0.1, 0.15) is 0 Å². The van der Waals surface area contributed by atoms with Crippen molar-refractivity contribution in [3.8, 4) is 11.8 Å². The Morgan fingerprint density at radius 2 is 1.79 bits per heavy atom. The fourth-order valence-corrected chi connectivity index (χ4v) is 6.09. The lowest BCUT2D eigenvalue weighted by Crippen LogP contribution is -2.73. The summed E-state index contributed by atoms with van der Waals surface area (Å²) in [6.45, 7) is 1.81. The average Bonchev–Trinajstić information content (AvgIpc) is 2.85. The first-order valence-corrected chi connectivity index (χ1v) is 12.6. The number of carbonyl (C=O) groups excluding carboxylic acids is 2. The molecule has 3 aliphatic heterocycles. The van der Waals surface area contributed by atoms with Crippen LogP contribution in [0.4, 0.5) is 0 Å². The maximum Gasteiger partial charge on any atom is 0.242 e. The van der Waals surface area contributed by atoms with Crippen molar-refractivity contribution in [3.63, 3.8) is 0 Å². The summed E-state index contributed by atoms with van der Waals surface area (Å²) in [4.78, 5) is 29.5. The Morgan fingerprint density at radius 1 is 1.06 bits per heavy atom. The maximum atomic E-state index is 13.1. The van der Waals surface area contributed by atoms with Crippen molar-refractivity contribution >= 4 is 11.8 Å². The Bertz CT molecular complexity index is 922. The number of aliphatic hydroxyl groups excluding tert-OH is 1. The zero-order chi connectivity index (χ0) is 22.8. The van der Waals surface area contributed by atoms with E-state index in [1.807, 2.05) is 0 Å². The second kappa shape index (κ2) is 9.87. The van der Waals surface area contributed by atoms with Gasteiger partial charge in [0.2, 0.25) is 11.8 Å². The minimum absolute atomic E-state index is 0.0320. The van der Waals surface area contributed by atoms with Crippen LogP contribution in [0.5, 0.6) is 0 Å². The molecule has 0 unspecified atom stereocenters. The van der Waals surface area contributed by atoms with Gasteiger partial charge in [-0.15, -0.1) is 0 Å². The summed E-state index contributed by atoms with van der Waals surface area (Å²) >= 11 is 0. The number of ether oxygens (including phenoxy) is 1. The molecule has 0 aromatic heterocycles. The molecule has 3 atom stereocenters. The molecule has 2 amide bonds. The number of hydrogen-bond donors (Lipinski definition) is 1. The van der Waals surface area contributed by atoms with Crippen molar-refractivity contribution in [1.82, 2.24) is 9.80 Å². The van der Waals surface area contributed by atoms with E-state index in [1.165, 1.54) is 32.1 Å². The van der Waals surface area contributed by atoms with Crippen LogP contribution in [0.25, 0.3) is 0 Å². The quantitative estimate of drug-likeness (QED) is 0.719. The van der Waals surface area contributed by atoms with Crippen LogP contribution >= 0.6 is 0 Å². The third-order valence-corrected chi connectivity index (χ3v) is 7.96. The predicted molar refractivity (Wildman–Crippen MR) is 124 cm³/mol. The van der Waals surface area contributed by atoms with Gasteiger partial charge in [0.25, 0.3) is 0 Å². The van der Waals surface area contributed by atoms with Gasteiger partial charge < -0.3 is 19.6 Å². The van der Waals surface area contributed by atoms with Gasteiger partial charge in [-0.05, 0) is 43.4 Å². The second-order valence-corrected chi connectivity index (χ2v) is 9.98. The first-order valence-electron chi connectivity index (χ1n) is 12.6. The van der Waals surface area contributed by atoms with Crippen molar-refractivity contribution in [2.75, 3.05) is 32.9 Å². The molecule has 1 aliphatic carbocycles. The van der Waals surface area contributed by atoms with Crippen molar-refractivity contribution in [2.24, 2.45) is 11.8 Å². The Labute approximate surface area is 196 Å². The summed E-state index contributed by atoms with van der Waals surface area (Å²) in [5, 5.41) is 10.0. The Kier molecular flexibility index (Phi) is 6.71. The molecular formula is C27H34N2O4. The predicted octanol–water partition coefficient (Wildman–Crippen LogP) is 2.54. The molecule has 0 radical (unpaired) electrons. The van der Waals surface area contributed by atoms with Crippen molar-refractivity contribution in [2.45, 2.75) is 62.9 Å². The monoisotopic (exact) mass is 450 g/mol. The van der Waals surface area contributed by atoms with Crippen LogP contribution in [-0.2, 0) is 14.3 Å². The molecule has 176 valence electrons. The van der Waals surface area contributed by atoms with Gasteiger partial charge in [-0.1, -0.05) is 43.2 Å². The summed E-state index contributed by atoms with van der Waals surface area (Å²) in [5.74, 6) is 7.29. The first-order chi connectivity index (χ1) is 16.2. The van der Waals surface area contributed by atoms with E-state index in [1.54, 1.807) is 9.80 Å². The number of benzene rings is 1. The highest BCUT2D eigenvalue weighted by Gasteiger charge is 2.54. The number of fused-ring (bicyclic) bond motifs is 1. The lowest BCUT2D eigenvalue weighted by molar-refractivity contribution is -0.169. The van der Waals surface area contributed by atoms with Crippen LogP contribution in [-0.4, -0.2) is 71.7 Å². The highest BCUT2D eigenvalue weighted by Crippen LogP contribution is 2.43. The van der Waals surface area contributed by atoms with Gasteiger partial charge in [0, 0.05) is 43.1 Å². The van der Waals surface area contributed by atoms with E-state index in [0.717, 1.165) is 24.0 Å². The second-order valence-electron chi connectivity index (χ2n) is 9.98. The fourth-order valence-electron chi connectivity index (χ4n) is 6.09. The molecule has 4 fully saturated rings. The van der Waals surface area contributed by atoms with Crippen molar-refractivity contribution < 1.29 is 19.4 Å². The number of carbonyl (C=O) groups is 2. The lowest BCUT2D eigenvalue weighted by Gasteiger charge is -2.59. The van der Waals surface area contributed by atoms with E-state index in [2.05, 4.69) is 36.1 Å². The van der Waals surface area contributed by atoms with E-state index in [9.17, 15) is 14.7 Å². The number of nitrogens with zero attached hydrogens (tertiary/aromatic N) is 2. The maximum absolute atomic E-state index is 13.1. The summed E-state index contributed by atoms with van der Waals surface area (Å²) in [7, 11) is 0. The van der Waals surface area contributed by atoms with Crippen LogP contribution in [0.3, 0.4) is 0 Å². The molecular weight excluding hydrogens is 416 g/mol. The molecule has 33 heavy (non-hydrogen) atoms. The lowest BCUT2D eigenvalue weighted by atomic mass is 9.73. The summed E-state index contributed by atoms with van der Waals surface area (Å²) in [6.07, 6.45) is 7.77. The van der Waals surface area contributed by atoms with E-state index in [4.69, 9.17) is 4.74 Å². The molecule has 6 nitrogen and oxygen atoms in total. The zero-order valence-electron chi connectivity index (χ0n) is 19.2. The van der Waals surface area contributed by atoms with Crippen molar-refractivity contribution in [3.05, 3.63) is 35.4 Å². The summed E-state index contributed by atoms with van der Waals surface area (Å²) in [6, 6.07) is 7.97. The Balaban J connectivity index is 1.29. The fraction of sp³-hybridized carbons (Fsp3) is 0.630. The first kappa shape index (κ1) is 22.4. The number of amides is 2. The third kappa shape index (κ3) is 4.54. The minimum Gasteiger partial charge on any atom is -0.394 e. The zero-order valence-corrected chi connectivity index (χ0v) is 19.2. The van der Waals surface area contributed by atoms with Crippen LogP contribution in [0, 0.1) is 23.7 Å². The normalized spacial score (nSPS) is 28.5. The SMILES string of the molecule is O=C(C1CCOCC1)N1CC(=O)N2[C@H](C1)[C@@H](c1ccc(C#CC3CCCCC3)cc1)[C@@H]2CO. The van der Waals surface area contributed by atoms with Gasteiger partial charge in [-0.3, -0.25) is 9.59 Å². The minimum atomic E-state index is -0.220. The van der Waals surface area contributed by atoms with Crippen molar-refractivity contribution in [1.29, 1.82) is 0 Å². The number of piperazine rings is 1. The smallest absolute Gasteiger partial charge is 0.242 e. The average molecular weight is 451 g/mol. The highest BCUT2D eigenvalue weighted by atomic mass is 16.5. The molecule has 0 spiro atoms. The number of rotatable bonds is 3. The Morgan fingerprint density at radius 3 is 2.48 bits per heavy atom. The van der Waals surface area contributed by atoms with Gasteiger partial charge in [-0.25, -0.2) is 0 Å². The molecule has 4 aliphatic rings. The van der Waals surface area contributed by atoms with E-state index >= 15 is 0 Å². The molecule has 1 saturated carbocycles. The molecule has 5 rings (SSSR count). The topological polar surface area (TPSA) is 70.1 Å². The Hall–Kier alpha value is -2.36. The third-order valence-electron chi connectivity index (χ3n) is 7.96. The number of hydrogen-bond acceptors (Lipinski definition) is 4. The van der Waals surface area contributed by atoms with Gasteiger partial charge in [0.05, 0.1) is 25.2 Å². The molecule has 3 heterocycles. The summed E-state index contributed by atoms with van der Waals surface area (Å²) < 4.78 is 5.39. The van der Waals surface area contributed by atoms with Crippen LogP contribution < -0.4 is 0 Å². The van der Waals surface area contributed by atoms with Crippen LogP contribution in [0.15, 0.2) is 24.3 Å².